The zero-order chi connectivity index (χ0) is 30.4. The summed E-state index contributed by atoms with van der Waals surface area (Å²) in [5.41, 5.74) is 8.07. The molecule has 0 bridgehead atoms. The maximum absolute atomic E-state index is 12.2. The first-order valence-corrected chi connectivity index (χ1v) is 15.0. The zero-order valence-corrected chi connectivity index (χ0v) is 24.5. The number of halogens is 1. The second-order valence-electron chi connectivity index (χ2n) is 9.36. The zero-order valence-electron chi connectivity index (χ0n) is 22.1. The van der Waals surface area contributed by atoms with Crippen LogP contribution in [-0.4, -0.2) is 31.0 Å². The molecule has 4 aromatic rings. The SMILES string of the molecule is Cc1ccc(C)c(N=Nc2c(S(=O)(=O)O)cc3cc(C)c(N=Nc4c(Cl)cc(C)cc4S(=O)(=O)O)c(N)c3c2O)c1. The lowest BCUT2D eigenvalue weighted by molar-refractivity contribution is 0.472. The number of benzene rings is 4. The van der Waals surface area contributed by atoms with Gasteiger partial charge in [0.15, 0.2) is 5.75 Å². The molecule has 0 aliphatic rings. The number of phenolic OH excluding ortho intramolecular Hbond substituents is 1. The van der Waals surface area contributed by atoms with Gasteiger partial charge in [-0.3, -0.25) is 9.11 Å². The van der Waals surface area contributed by atoms with Crippen LogP contribution in [0.3, 0.4) is 0 Å². The first kappa shape index (κ1) is 30.0. The number of aromatic hydroxyl groups is 1. The minimum atomic E-state index is -4.87. The maximum Gasteiger partial charge on any atom is 0.296 e. The van der Waals surface area contributed by atoms with Crippen LogP contribution in [0.15, 0.2) is 72.7 Å². The summed E-state index contributed by atoms with van der Waals surface area (Å²) in [5.74, 6) is -0.704. The van der Waals surface area contributed by atoms with Crippen LogP contribution in [0.25, 0.3) is 10.8 Å². The third-order valence-electron chi connectivity index (χ3n) is 6.14. The van der Waals surface area contributed by atoms with Gasteiger partial charge < -0.3 is 10.8 Å². The molecule has 0 spiro atoms. The van der Waals surface area contributed by atoms with Crippen molar-refractivity contribution < 1.29 is 31.0 Å². The molecule has 15 heteroatoms. The number of nitrogen functional groups attached to an aromatic ring is 1. The molecule has 12 nitrogen and oxygen atoms in total. The second kappa shape index (κ2) is 10.8. The summed E-state index contributed by atoms with van der Waals surface area (Å²) < 4.78 is 67.9. The Morgan fingerprint density at radius 3 is 1.93 bits per heavy atom. The number of fused-ring (bicyclic) bond motifs is 1. The Hall–Kier alpha value is -3.95. The average molecular weight is 618 g/mol. The summed E-state index contributed by atoms with van der Waals surface area (Å²) in [6, 6.07) is 10.5. The van der Waals surface area contributed by atoms with Crippen LogP contribution in [0, 0.1) is 27.7 Å². The lowest BCUT2D eigenvalue weighted by Gasteiger charge is -2.14. The van der Waals surface area contributed by atoms with Gasteiger partial charge in [-0.25, -0.2) is 0 Å². The van der Waals surface area contributed by atoms with Crippen LogP contribution in [0.5, 0.6) is 5.75 Å². The topological polar surface area (TPSA) is 204 Å². The van der Waals surface area contributed by atoms with E-state index in [0.717, 1.165) is 17.2 Å². The van der Waals surface area contributed by atoms with Crippen molar-refractivity contribution in [3.63, 3.8) is 0 Å². The van der Waals surface area contributed by atoms with Gasteiger partial charge in [0.25, 0.3) is 20.2 Å². The summed E-state index contributed by atoms with van der Waals surface area (Å²) in [4.78, 5) is -1.27. The minimum absolute atomic E-state index is 0.0113. The molecule has 0 unspecified atom stereocenters. The van der Waals surface area contributed by atoms with E-state index < -0.39 is 41.5 Å². The fourth-order valence-corrected chi connectivity index (χ4v) is 5.89. The molecule has 4 rings (SSSR count). The number of hydrogen-bond donors (Lipinski definition) is 4. The van der Waals surface area contributed by atoms with E-state index in [1.807, 2.05) is 13.0 Å². The predicted octanol–water partition coefficient (Wildman–Crippen LogP) is 7.34. The van der Waals surface area contributed by atoms with Gasteiger partial charge in [-0.2, -0.15) is 21.9 Å². The van der Waals surface area contributed by atoms with Crippen molar-refractivity contribution in [3.05, 3.63) is 69.7 Å². The standard InChI is InChI=1S/C26H24ClN5O7S2/c1-12-5-6-14(3)18(8-12)29-32-25-20(41(37,38)39)11-16-10-15(4)23(22(28)21(16)26(25)33)30-31-24-17(27)7-13(2)9-19(24)40(34,35)36/h5-11,33H,28H2,1-4H3,(H,34,35,36)(H,37,38,39). The fourth-order valence-electron chi connectivity index (χ4n) is 4.14. The van der Waals surface area contributed by atoms with Crippen LogP contribution in [0.2, 0.25) is 5.02 Å². The maximum atomic E-state index is 12.2. The van der Waals surface area contributed by atoms with Gasteiger partial charge in [0.05, 0.1) is 21.8 Å². The Labute approximate surface area is 240 Å². The summed E-state index contributed by atoms with van der Waals surface area (Å²) in [6.45, 7) is 6.73. The van der Waals surface area contributed by atoms with Crippen molar-refractivity contribution in [1.29, 1.82) is 0 Å². The molecule has 0 aromatic heterocycles. The summed E-state index contributed by atoms with van der Waals surface area (Å²) >= 11 is 6.19. The van der Waals surface area contributed by atoms with E-state index in [9.17, 15) is 31.0 Å². The smallest absolute Gasteiger partial charge is 0.296 e. The Bertz CT molecular complexity index is 2030. The van der Waals surface area contributed by atoms with Crippen LogP contribution in [0.4, 0.5) is 28.4 Å². The molecule has 0 saturated carbocycles. The molecule has 0 atom stereocenters. The van der Waals surface area contributed by atoms with Gasteiger partial charge in [-0.05, 0) is 85.7 Å². The highest BCUT2D eigenvalue weighted by Gasteiger charge is 2.25. The van der Waals surface area contributed by atoms with Crippen molar-refractivity contribution in [2.45, 2.75) is 37.5 Å². The number of nitrogens with two attached hydrogens (primary N) is 1. The van der Waals surface area contributed by atoms with Gasteiger partial charge in [0.1, 0.15) is 26.9 Å². The van der Waals surface area contributed by atoms with Crippen molar-refractivity contribution >= 4 is 71.0 Å². The van der Waals surface area contributed by atoms with E-state index in [1.165, 1.54) is 18.2 Å². The molecule has 0 fully saturated rings. The third kappa shape index (κ3) is 6.06. The van der Waals surface area contributed by atoms with Crippen molar-refractivity contribution in [3.8, 4) is 5.75 Å². The molecule has 41 heavy (non-hydrogen) atoms. The minimum Gasteiger partial charge on any atom is -0.505 e. The number of rotatable bonds is 6. The lowest BCUT2D eigenvalue weighted by Crippen LogP contribution is -2.00. The van der Waals surface area contributed by atoms with Crippen LogP contribution >= 0.6 is 11.6 Å². The van der Waals surface area contributed by atoms with E-state index in [1.54, 1.807) is 32.9 Å². The average Bonchev–Trinajstić information content (AvgIpc) is 2.84. The molecule has 0 radical (unpaired) electrons. The molecule has 0 amide bonds. The number of hydrogen-bond acceptors (Lipinski definition) is 10. The number of aryl methyl sites for hydroxylation is 4. The molecule has 0 heterocycles. The normalized spacial score (nSPS) is 12.7. The number of nitrogens with zero attached hydrogens (tertiary/aromatic N) is 4. The molecule has 214 valence electrons. The third-order valence-corrected chi connectivity index (χ3v) is 8.16. The Balaban J connectivity index is 1.97. The monoisotopic (exact) mass is 617 g/mol. The predicted molar refractivity (Wildman–Crippen MR) is 155 cm³/mol. The second-order valence-corrected chi connectivity index (χ2v) is 12.5. The molecule has 0 aliphatic carbocycles. The van der Waals surface area contributed by atoms with Crippen molar-refractivity contribution in [2.75, 3.05) is 5.73 Å². The summed E-state index contributed by atoms with van der Waals surface area (Å²) in [6.07, 6.45) is 0. The molecular weight excluding hydrogens is 594 g/mol. The van der Waals surface area contributed by atoms with Crippen LogP contribution < -0.4 is 5.73 Å². The van der Waals surface area contributed by atoms with Gasteiger partial charge in [0.2, 0.25) is 0 Å². The van der Waals surface area contributed by atoms with E-state index in [-0.39, 0.29) is 32.9 Å². The highest BCUT2D eigenvalue weighted by Crippen LogP contribution is 2.47. The van der Waals surface area contributed by atoms with Gasteiger partial charge in [-0.1, -0.05) is 23.7 Å². The Morgan fingerprint density at radius 1 is 0.707 bits per heavy atom. The first-order chi connectivity index (χ1) is 19.0. The number of anilines is 1. The van der Waals surface area contributed by atoms with Crippen molar-refractivity contribution in [2.24, 2.45) is 20.5 Å². The van der Waals surface area contributed by atoms with Gasteiger partial charge >= 0.3 is 0 Å². The van der Waals surface area contributed by atoms with E-state index in [2.05, 4.69) is 20.5 Å². The molecular formula is C26H24ClN5O7S2. The highest BCUT2D eigenvalue weighted by atomic mass is 35.5. The number of phenols is 1. The Kier molecular flexibility index (Phi) is 7.90. The van der Waals surface area contributed by atoms with Gasteiger partial charge in [-0.15, -0.1) is 15.3 Å². The van der Waals surface area contributed by atoms with E-state index in [4.69, 9.17) is 17.3 Å². The lowest BCUT2D eigenvalue weighted by atomic mass is 10.0. The molecule has 4 aromatic carbocycles. The molecule has 0 saturated heterocycles. The van der Waals surface area contributed by atoms with Crippen LogP contribution in [0.1, 0.15) is 22.3 Å². The molecule has 0 aliphatic heterocycles. The summed E-state index contributed by atoms with van der Waals surface area (Å²) in [5, 5.41) is 27.2. The van der Waals surface area contributed by atoms with E-state index in [0.29, 0.717) is 16.8 Å². The van der Waals surface area contributed by atoms with Crippen LogP contribution in [-0.2, 0) is 20.2 Å². The molecule has 5 N–H and O–H groups in total. The largest absolute Gasteiger partial charge is 0.505 e. The number of azo groups is 2. The Morgan fingerprint density at radius 2 is 1.29 bits per heavy atom. The highest BCUT2D eigenvalue weighted by molar-refractivity contribution is 7.86. The fraction of sp³-hybridized carbons (Fsp3) is 0.154. The quantitative estimate of drug-likeness (QED) is 0.0975. The summed E-state index contributed by atoms with van der Waals surface area (Å²) in [7, 11) is -9.59. The first-order valence-electron chi connectivity index (χ1n) is 11.7. The van der Waals surface area contributed by atoms with E-state index >= 15 is 0 Å². The van der Waals surface area contributed by atoms with Crippen molar-refractivity contribution in [1.82, 2.24) is 0 Å². The van der Waals surface area contributed by atoms with Gasteiger partial charge in [0, 0.05) is 0 Å².